The number of nitriles is 1. The Morgan fingerprint density at radius 3 is 2.62 bits per heavy atom. The molecule has 0 aromatic heterocycles. The van der Waals surface area contributed by atoms with Gasteiger partial charge in [-0.15, -0.1) is 0 Å². The number of carbonyl (C=O) groups is 1. The van der Waals surface area contributed by atoms with Gasteiger partial charge in [-0.1, -0.05) is 6.07 Å². The number of benzene rings is 1. The average Bonchev–Trinajstić information content (AvgIpc) is 2.74. The van der Waals surface area contributed by atoms with Gasteiger partial charge >= 0.3 is 5.97 Å². The molecule has 1 heterocycles. The predicted octanol–water partition coefficient (Wildman–Crippen LogP) is 2.58. The Hall–Kier alpha value is -2.22. The highest BCUT2D eigenvalue weighted by Gasteiger charge is 2.47. The zero-order valence-corrected chi connectivity index (χ0v) is 13.0. The zero-order chi connectivity index (χ0) is 15.8. The number of esters is 1. The molecule has 1 aromatic rings. The van der Waals surface area contributed by atoms with Crippen molar-refractivity contribution in [3.8, 4) is 11.8 Å². The summed E-state index contributed by atoms with van der Waals surface area (Å²) in [7, 11) is 1.59. The largest absolute Gasteiger partial charge is 0.496 e. The normalized spacial score (nSPS) is 20.2. The number of aryl methyl sites for hydroxylation is 1. The number of hydrogen-bond donors (Lipinski definition) is 1. The van der Waals surface area contributed by atoms with Crippen LogP contribution in [0.2, 0.25) is 0 Å². The summed E-state index contributed by atoms with van der Waals surface area (Å²) in [5.74, 6) is 0.171. The molecule has 0 spiro atoms. The third-order valence-corrected chi connectivity index (χ3v) is 3.36. The Bertz CT molecular complexity index is 626. The minimum atomic E-state index is -1.37. The maximum atomic E-state index is 12.4. The van der Waals surface area contributed by atoms with E-state index in [0.717, 1.165) is 22.6 Å². The van der Waals surface area contributed by atoms with Gasteiger partial charge in [0.15, 0.2) is 0 Å². The summed E-state index contributed by atoms with van der Waals surface area (Å²) >= 11 is 0. The molecule has 0 aliphatic carbocycles. The average molecular weight is 288 g/mol. The van der Waals surface area contributed by atoms with Crippen molar-refractivity contribution in [2.45, 2.75) is 45.3 Å². The second kappa shape index (κ2) is 4.96. The van der Waals surface area contributed by atoms with Crippen LogP contribution in [0.4, 0.5) is 5.69 Å². The van der Waals surface area contributed by atoms with E-state index in [9.17, 15) is 10.1 Å². The van der Waals surface area contributed by atoms with E-state index in [1.807, 2.05) is 19.1 Å². The van der Waals surface area contributed by atoms with Gasteiger partial charge < -0.3 is 14.8 Å². The monoisotopic (exact) mass is 288 g/mol. The second-order valence-corrected chi connectivity index (χ2v) is 6.30. The zero-order valence-electron chi connectivity index (χ0n) is 13.0. The minimum absolute atomic E-state index is 0.290. The van der Waals surface area contributed by atoms with Gasteiger partial charge in [0.25, 0.3) is 0 Å². The van der Waals surface area contributed by atoms with Crippen LogP contribution < -0.4 is 10.1 Å². The molecule has 1 N–H and O–H groups in total. The summed E-state index contributed by atoms with van der Waals surface area (Å²) in [6, 6.07) is 5.83. The van der Waals surface area contributed by atoms with E-state index in [0.29, 0.717) is 6.42 Å². The van der Waals surface area contributed by atoms with Crippen molar-refractivity contribution in [3.63, 3.8) is 0 Å². The lowest BCUT2D eigenvalue weighted by molar-refractivity contribution is -0.158. The summed E-state index contributed by atoms with van der Waals surface area (Å²) in [5.41, 5.74) is 0.626. The van der Waals surface area contributed by atoms with E-state index in [4.69, 9.17) is 9.47 Å². The van der Waals surface area contributed by atoms with Crippen molar-refractivity contribution in [3.05, 3.63) is 23.3 Å². The lowest BCUT2D eigenvalue weighted by atomic mass is 9.96. The first-order valence-electron chi connectivity index (χ1n) is 6.81. The molecule has 0 bridgehead atoms. The molecular weight excluding hydrogens is 268 g/mol. The molecule has 0 fully saturated rings. The van der Waals surface area contributed by atoms with Crippen molar-refractivity contribution < 1.29 is 14.3 Å². The molecule has 112 valence electrons. The molecule has 0 saturated carbocycles. The van der Waals surface area contributed by atoms with Crippen LogP contribution >= 0.6 is 0 Å². The molecule has 0 radical (unpaired) electrons. The number of nitrogens with zero attached hydrogens (tertiary/aromatic N) is 1. The Morgan fingerprint density at radius 1 is 1.43 bits per heavy atom. The third kappa shape index (κ3) is 2.80. The molecule has 1 unspecified atom stereocenters. The van der Waals surface area contributed by atoms with Crippen LogP contribution in [-0.2, 0) is 16.0 Å². The van der Waals surface area contributed by atoms with Gasteiger partial charge in [0.2, 0.25) is 5.54 Å². The fraction of sp³-hybridized carbons (Fsp3) is 0.500. The van der Waals surface area contributed by atoms with E-state index in [1.165, 1.54) is 0 Å². The van der Waals surface area contributed by atoms with Crippen LogP contribution in [0.15, 0.2) is 12.1 Å². The van der Waals surface area contributed by atoms with E-state index >= 15 is 0 Å². The third-order valence-electron chi connectivity index (χ3n) is 3.36. The topological polar surface area (TPSA) is 71.3 Å². The SMILES string of the molecule is COc1cc2c(cc1C)CC(C#N)(C(=O)OC(C)(C)C)N2. The first-order chi connectivity index (χ1) is 9.70. The molecule has 1 aliphatic heterocycles. The fourth-order valence-corrected chi connectivity index (χ4v) is 2.39. The van der Waals surface area contributed by atoms with Gasteiger partial charge in [-0.2, -0.15) is 5.26 Å². The lowest BCUT2D eigenvalue weighted by Crippen LogP contribution is -2.47. The summed E-state index contributed by atoms with van der Waals surface area (Å²) in [5, 5.41) is 12.5. The molecule has 5 nitrogen and oxygen atoms in total. The Balaban J connectivity index is 2.34. The summed E-state index contributed by atoms with van der Waals surface area (Å²) in [4.78, 5) is 12.4. The van der Waals surface area contributed by atoms with Crippen molar-refractivity contribution in [1.29, 1.82) is 5.26 Å². The number of rotatable bonds is 2. The Morgan fingerprint density at radius 2 is 2.10 bits per heavy atom. The minimum Gasteiger partial charge on any atom is -0.496 e. The van der Waals surface area contributed by atoms with Crippen LogP contribution in [0.5, 0.6) is 5.75 Å². The number of carbonyl (C=O) groups excluding carboxylic acids is 1. The quantitative estimate of drug-likeness (QED) is 0.847. The van der Waals surface area contributed by atoms with Crippen molar-refractivity contribution in [2.75, 3.05) is 12.4 Å². The smallest absolute Gasteiger partial charge is 0.347 e. The summed E-state index contributed by atoms with van der Waals surface area (Å²) in [6.07, 6.45) is 0.290. The fourth-order valence-electron chi connectivity index (χ4n) is 2.39. The number of methoxy groups -OCH3 is 1. The highest BCUT2D eigenvalue weighted by Crippen LogP contribution is 2.37. The van der Waals surface area contributed by atoms with E-state index in [-0.39, 0.29) is 0 Å². The standard InChI is InChI=1S/C16H20N2O3/c1-10-6-11-8-16(9-17,14(19)21-15(2,3)4)18-12(11)7-13(10)20-5/h6-7,18H,8H2,1-5H3. The molecule has 1 atom stereocenters. The number of hydrogen-bond acceptors (Lipinski definition) is 5. The van der Waals surface area contributed by atoms with Gasteiger partial charge in [0.1, 0.15) is 17.4 Å². The maximum absolute atomic E-state index is 12.4. The van der Waals surface area contributed by atoms with Crippen molar-refractivity contribution in [1.82, 2.24) is 0 Å². The molecule has 0 amide bonds. The summed E-state index contributed by atoms with van der Waals surface area (Å²) < 4.78 is 10.7. The van der Waals surface area contributed by atoms with Crippen LogP contribution in [0.25, 0.3) is 0 Å². The van der Waals surface area contributed by atoms with Gasteiger partial charge in [-0.25, -0.2) is 4.79 Å². The van der Waals surface area contributed by atoms with Crippen LogP contribution in [0.3, 0.4) is 0 Å². The van der Waals surface area contributed by atoms with Gasteiger partial charge in [0.05, 0.1) is 7.11 Å². The molecule has 1 aliphatic rings. The van der Waals surface area contributed by atoms with Crippen molar-refractivity contribution >= 4 is 11.7 Å². The Kier molecular flexibility index (Phi) is 3.58. The molecule has 1 aromatic carbocycles. The number of ether oxygens (including phenoxy) is 2. The molecule has 21 heavy (non-hydrogen) atoms. The van der Waals surface area contributed by atoms with Crippen LogP contribution in [0, 0.1) is 18.3 Å². The number of nitrogens with one attached hydrogen (secondary N) is 1. The first kappa shape index (κ1) is 15.2. The van der Waals surface area contributed by atoms with E-state index in [2.05, 4.69) is 11.4 Å². The van der Waals surface area contributed by atoms with Crippen LogP contribution in [0.1, 0.15) is 31.9 Å². The van der Waals surface area contributed by atoms with Gasteiger partial charge in [-0.05, 0) is 38.8 Å². The van der Waals surface area contributed by atoms with Crippen molar-refractivity contribution in [2.24, 2.45) is 0 Å². The number of fused-ring (bicyclic) bond motifs is 1. The maximum Gasteiger partial charge on any atom is 0.347 e. The number of anilines is 1. The molecule has 2 rings (SSSR count). The Labute approximate surface area is 124 Å². The van der Waals surface area contributed by atoms with Crippen LogP contribution in [-0.4, -0.2) is 24.2 Å². The lowest BCUT2D eigenvalue weighted by Gasteiger charge is -2.26. The molecular formula is C16H20N2O3. The molecule has 5 heteroatoms. The summed E-state index contributed by atoms with van der Waals surface area (Å²) in [6.45, 7) is 7.28. The highest BCUT2D eigenvalue weighted by molar-refractivity contribution is 5.92. The van der Waals surface area contributed by atoms with E-state index in [1.54, 1.807) is 27.9 Å². The van der Waals surface area contributed by atoms with Gasteiger partial charge in [-0.3, -0.25) is 0 Å². The van der Waals surface area contributed by atoms with Gasteiger partial charge in [0, 0.05) is 18.2 Å². The molecule has 0 saturated heterocycles. The van der Waals surface area contributed by atoms with E-state index < -0.39 is 17.1 Å². The first-order valence-corrected chi connectivity index (χ1v) is 6.81. The highest BCUT2D eigenvalue weighted by atomic mass is 16.6. The predicted molar refractivity (Wildman–Crippen MR) is 79.2 cm³/mol. The second-order valence-electron chi connectivity index (χ2n) is 6.30.